The lowest BCUT2D eigenvalue weighted by atomic mass is 10.4. The molecule has 1 aliphatic heterocycles. The summed E-state index contributed by atoms with van der Waals surface area (Å²) >= 11 is 5.95. The summed E-state index contributed by atoms with van der Waals surface area (Å²) in [7, 11) is 1.54. The van der Waals surface area contributed by atoms with Gasteiger partial charge in [-0.1, -0.05) is 11.6 Å². The number of rotatable bonds is 4. The van der Waals surface area contributed by atoms with Crippen LogP contribution >= 0.6 is 11.6 Å². The molecule has 9 heteroatoms. The van der Waals surface area contributed by atoms with Crippen LogP contribution in [-0.4, -0.2) is 27.3 Å². The summed E-state index contributed by atoms with van der Waals surface area (Å²) in [4.78, 5) is 4.02. The number of nitrogens with one attached hydrogen (secondary N) is 1. The molecule has 108 valence electrons. The van der Waals surface area contributed by atoms with Gasteiger partial charge in [-0.15, -0.1) is 15.7 Å². The van der Waals surface area contributed by atoms with Crippen LogP contribution in [0.4, 0.5) is 5.69 Å². The van der Waals surface area contributed by atoms with Crippen molar-refractivity contribution in [1.82, 2.24) is 25.7 Å². The van der Waals surface area contributed by atoms with Crippen LogP contribution in [0, 0.1) is 0 Å². The largest absolute Gasteiger partial charge is 0.481 e. The number of halogens is 1. The first-order valence-corrected chi connectivity index (χ1v) is 6.30. The van der Waals surface area contributed by atoms with Gasteiger partial charge in [0, 0.05) is 36.8 Å². The number of aromatic nitrogens is 3. The van der Waals surface area contributed by atoms with Gasteiger partial charge < -0.3 is 9.15 Å². The first-order valence-electron chi connectivity index (χ1n) is 5.93. The molecule has 0 fully saturated rings. The topological polar surface area (TPSA) is 79.5 Å². The predicted octanol–water partition coefficient (Wildman–Crippen LogP) is 1.81. The average Bonchev–Trinajstić information content (AvgIpc) is 3.15. The molecule has 0 bridgehead atoms. The summed E-state index contributed by atoms with van der Waals surface area (Å²) in [6, 6.07) is 3.47. The molecule has 0 amide bonds. The third-order valence-electron chi connectivity index (χ3n) is 2.60. The molecule has 0 atom stereocenters. The highest BCUT2D eigenvalue weighted by atomic mass is 35.5. The molecule has 0 aromatic carbocycles. The van der Waals surface area contributed by atoms with E-state index in [4.69, 9.17) is 20.8 Å². The van der Waals surface area contributed by atoms with Crippen molar-refractivity contribution in [3.05, 3.63) is 48.2 Å². The smallest absolute Gasteiger partial charge is 0.241 e. The third kappa shape index (κ3) is 3.12. The number of ether oxygens (including phenoxy) is 1. The Morgan fingerprint density at radius 3 is 3.05 bits per heavy atom. The molecular formula is C12H11ClN6O2. The first-order chi connectivity index (χ1) is 10.2. The number of hydrogen-bond acceptors (Lipinski definition) is 8. The Balaban J connectivity index is 1.70. The van der Waals surface area contributed by atoms with E-state index in [1.807, 2.05) is 12.4 Å². The molecule has 2 aromatic rings. The molecule has 0 unspecified atom stereocenters. The number of anilines is 1. The van der Waals surface area contributed by atoms with Crippen LogP contribution in [0.2, 0.25) is 5.15 Å². The highest BCUT2D eigenvalue weighted by molar-refractivity contribution is 6.29. The molecule has 0 saturated heterocycles. The molecule has 21 heavy (non-hydrogen) atoms. The maximum absolute atomic E-state index is 5.95. The van der Waals surface area contributed by atoms with E-state index < -0.39 is 0 Å². The predicted molar refractivity (Wildman–Crippen MR) is 75.7 cm³/mol. The maximum Gasteiger partial charge on any atom is 0.241 e. The number of methoxy groups -OCH3 is 1. The van der Waals surface area contributed by atoms with Crippen LogP contribution in [0.3, 0.4) is 0 Å². The van der Waals surface area contributed by atoms with E-state index in [0.29, 0.717) is 16.9 Å². The molecule has 0 spiro atoms. The number of hydrazine groups is 2. The van der Waals surface area contributed by atoms with Crippen LogP contribution in [0.25, 0.3) is 6.08 Å². The van der Waals surface area contributed by atoms with E-state index in [0.717, 1.165) is 5.69 Å². The summed E-state index contributed by atoms with van der Waals surface area (Å²) < 4.78 is 10.1. The Morgan fingerprint density at radius 1 is 1.38 bits per heavy atom. The Hall–Kier alpha value is -2.58. The van der Waals surface area contributed by atoms with Gasteiger partial charge in [0.15, 0.2) is 0 Å². The Bertz CT molecular complexity index is 672. The molecule has 0 radical (unpaired) electrons. The van der Waals surface area contributed by atoms with E-state index in [2.05, 4.69) is 20.7 Å². The van der Waals surface area contributed by atoms with Gasteiger partial charge in [-0.05, 0) is 0 Å². The Labute approximate surface area is 125 Å². The van der Waals surface area contributed by atoms with E-state index >= 15 is 0 Å². The lowest BCUT2D eigenvalue weighted by Crippen LogP contribution is -2.36. The van der Waals surface area contributed by atoms with Gasteiger partial charge in [0.2, 0.25) is 18.2 Å². The van der Waals surface area contributed by atoms with Gasteiger partial charge in [-0.25, -0.2) is 4.98 Å². The van der Waals surface area contributed by atoms with Crippen molar-refractivity contribution < 1.29 is 9.15 Å². The number of hydrogen-bond donors (Lipinski definition) is 1. The fourth-order valence-corrected chi connectivity index (χ4v) is 1.85. The van der Waals surface area contributed by atoms with Gasteiger partial charge in [-0.3, -0.25) is 10.0 Å². The van der Waals surface area contributed by atoms with Gasteiger partial charge in [0.1, 0.15) is 5.15 Å². The zero-order valence-corrected chi connectivity index (χ0v) is 11.7. The minimum absolute atomic E-state index is 0.347. The van der Waals surface area contributed by atoms with E-state index in [9.17, 15) is 0 Å². The Morgan fingerprint density at radius 2 is 2.29 bits per heavy atom. The first kappa shape index (κ1) is 13.4. The SMILES string of the molecule is COc1cc(N2C=CN(/C=C\c3nnco3)N2)cc(Cl)n1. The monoisotopic (exact) mass is 306 g/mol. The van der Waals surface area contributed by atoms with Crippen LogP contribution < -0.4 is 15.3 Å². The van der Waals surface area contributed by atoms with Crippen LogP contribution in [0.15, 0.2) is 41.5 Å². The van der Waals surface area contributed by atoms with Crippen molar-refractivity contribution in [3.8, 4) is 5.88 Å². The van der Waals surface area contributed by atoms with E-state index in [1.165, 1.54) is 13.5 Å². The molecular weight excluding hydrogens is 296 g/mol. The van der Waals surface area contributed by atoms with Crippen molar-refractivity contribution in [2.24, 2.45) is 0 Å². The lowest BCUT2D eigenvalue weighted by Gasteiger charge is -2.20. The highest BCUT2D eigenvalue weighted by Gasteiger charge is 2.13. The summed E-state index contributed by atoms with van der Waals surface area (Å²) in [5.74, 6) is 0.852. The number of nitrogens with zero attached hydrogens (tertiary/aromatic N) is 5. The summed E-state index contributed by atoms with van der Waals surface area (Å²) in [6.07, 6.45) is 8.32. The fraction of sp³-hybridized carbons (Fsp3) is 0.0833. The quantitative estimate of drug-likeness (QED) is 0.857. The Kier molecular flexibility index (Phi) is 3.71. The molecule has 8 nitrogen and oxygen atoms in total. The second kappa shape index (κ2) is 5.81. The number of pyridine rings is 1. The fourth-order valence-electron chi connectivity index (χ4n) is 1.66. The van der Waals surface area contributed by atoms with Crippen molar-refractivity contribution in [2.75, 3.05) is 12.1 Å². The average molecular weight is 307 g/mol. The minimum Gasteiger partial charge on any atom is -0.481 e. The van der Waals surface area contributed by atoms with Crippen molar-refractivity contribution >= 4 is 23.4 Å². The van der Waals surface area contributed by atoms with Gasteiger partial charge >= 0.3 is 0 Å². The maximum atomic E-state index is 5.95. The zero-order valence-electron chi connectivity index (χ0n) is 11.0. The van der Waals surface area contributed by atoms with Crippen molar-refractivity contribution in [2.45, 2.75) is 0 Å². The standard InChI is InChI=1S/C12H11ClN6O2/c1-20-12-7-9(6-10(13)15-12)19-5-4-18(17-19)3-2-11-16-14-8-21-11/h2-8,17H,1H3/b3-2-. The molecule has 3 rings (SSSR count). The molecule has 3 heterocycles. The van der Waals surface area contributed by atoms with Crippen LogP contribution in [-0.2, 0) is 0 Å². The highest BCUT2D eigenvalue weighted by Crippen LogP contribution is 2.24. The minimum atomic E-state index is 0.347. The van der Waals surface area contributed by atoms with E-state index in [1.54, 1.807) is 34.4 Å². The second-order valence-corrected chi connectivity index (χ2v) is 4.35. The molecule has 1 N–H and O–H groups in total. The normalized spacial score (nSPS) is 14.4. The van der Waals surface area contributed by atoms with Gasteiger partial charge in [0.25, 0.3) is 0 Å². The summed E-state index contributed by atoms with van der Waals surface area (Å²) in [5.41, 5.74) is 3.87. The molecule has 0 aliphatic carbocycles. The van der Waals surface area contributed by atoms with Gasteiger partial charge in [-0.2, -0.15) is 0 Å². The summed E-state index contributed by atoms with van der Waals surface area (Å²) in [6.45, 7) is 0. The second-order valence-electron chi connectivity index (χ2n) is 3.96. The van der Waals surface area contributed by atoms with Crippen molar-refractivity contribution in [1.29, 1.82) is 0 Å². The van der Waals surface area contributed by atoms with Crippen molar-refractivity contribution in [3.63, 3.8) is 0 Å². The van der Waals surface area contributed by atoms with E-state index in [-0.39, 0.29) is 0 Å². The molecule has 1 aliphatic rings. The zero-order chi connectivity index (χ0) is 14.7. The summed E-state index contributed by atoms with van der Waals surface area (Å²) in [5, 5.41) is 11.2. The molecule has 0 saturated carbocycles. The van der Waals surface area contributed by atoms with Crippen LogP contribution in [0.1, 0.15) is 5.89 Å². The molecule has 2 aromatic heterocycles. The van der Waals surface area contributed by atoms with Crippen LogP contribution in [0.5, 0.6) is 5.88 Å². The van der Waals surface area contributed by atoms with Gasteiger partial charge in [0.05, 0.1) is 12.8 Å². The third-order valence-corrected chi connectivity index (χ3v) is 2.79. The lowest BCUT2D eigenvalue weighted by molar-refractivity contribution is 0.392.